The molecule has 13 heteroatoms. The molecule has 0 radical (unpaired) electrons. The molecule has 0 saturated carbocycles. The van der Waals surface area contributed by atoms with E-state index in [4.69, 9.17) is 4.42 Å². The van der Waals surface area contributed by atoms with Gasteiger partial charge in [-0.3, -0.25) is 19.9 Å². The van der Waals surface area contributed by atoms with Crippen LogP contribution in [-0.4, -0.2) is 29.1 Å². The summed E-state index contributed by atoms with van der Waals surface area (Å²) in [6.45, 7) is 7.03. The van der Waals surface area contributed by atoms with Gasteiger partial charge in [0.1, 0.15) is 0 Å². The second-order valence-electron chi connectivity index (χ2n) is 6.90. The third-order valence-corrected chi connectivity index (χ3v) is 4.20. The van der Waals surface area contributed by atoms with Gasteiger partial charge < -0.3 is 4.42 Å². The highest BCUT2D eigenvalue weighted by molar-refractivity contribution is 5.51. The van der Waals surface area contributed by atoms with E-state index in [1.807, 2.05) is 19.9 Å². The highest BCUT2D eigenvalue weighted by Crippen LogP contribution is 2.37. The molecule has 3 aromatic rings. The Morgan fingerprint density at radius 3 is 1.10 bits per heavy atom. The molecule has 0 amide bonds. The molecule has 0 aliphatic rings. The normalized spacial score (nSPS) is 11.5. The molecule has 29 heavy (non-hydrogen) atoms. The maximum atomic E-state index is 12.3. The van der Waals surface area contributed by atoms with Crippen LogP contribution in [-0.2, 0) is 0 Å². The quantitative estimate of drug-likeness (QED) is 0.409. The Labute approximate surface area is 159 Å². The van der Waals surface area contributed by atoms with Crippen molar-refractivity contribution in [1.82, 2.24) is 29.1 Å². The zero-order valence-electron chi connectivity index (χ0n) is 15.9. The van der Waals surface area contributed by atoms with Gasteiger partial charge in [0.25, 0.3) is 0 Å². The van der Waals surface area contributed by atoms with E-state index >= 15 is 0 Å². The lowest BCUT2D eigenvalue weighted by atomic mass is 9.93. The van der Waals surface area contributed by atoms with Crippen molar-refractivity contribution in [3.63, 3.8) is 0 Å². The largest absolute Gasteiger partial charge is 0.422 e. The molecule has 4 N–H and O–H groups in total. The van der Waals surface area contributed by atoms with E-state index in [1.54, 1.807) is 27.7 Å². The number of rotatable bonds is 4. The molecule has 13 nitrogen and oxygen atoms in total. The molecule has 0 saturated heterocycles. The summed E-state index contributed by atoms with van der Waals surface area (Å²) in [5, 5.41) is 0. The minimum absolute atomic E-state index is 0.251. The maximum absolute atomic E-state index is 12.3. The van der Waals surface area contributed by atoms with Crippen LogP contribution >= 0.6 is 0 Å². The zero-order chi connectivity index (χ0) is 21.6. The molecule has 154 valence electrons. The minimum Gasteiger partial charge on any atom is -0.422 e. The first kappa shape index (κ1) is 19.9. The molecular formula is C16H18N6O7. The van der Waals surface area contributed by atoms with Crippen molar-refractivity contribution in [3.8, 4) is 11.8 Å². The number of nitrogens with zero attached hydrogens (tertiary/aromatic N) is 2. The third-order valence-electron chi connectivity index (χ3n) is 4.20. The van der Waals surface area contributed by atoms with E-state index in [9.17, 15) is 28.8 Å². The summed E-state index contributed by atoms with van der Waals surface area (Å²) >= 11 is 0. The number of aromatic nitrogens is 6. The van der Waals surface area contributed by atoms with Gasteiger partial charge in [-0.25, -0.2) is 28.8 Å². The summed E-state index contributed by atoms with van der Waals surface area (Å²) < 4.78 is 6.82. The van der Waals surface area contributed by atoms with E-state index in [1.165, 1.54) is 0 Å². The Morgan fingerprint density at radius 2 is 0.862 bits per heavy atom. The SMILES string of the molecule is CC(C)c1c(-n2c(=O)[nH]c(=O)[nH]c2=O)oc(-n2c(=O)[nH]c(=O)[nH]c2=O)c1C(C)C. The van der Waals surface area contributed by atoms with E-state index < -0.39 is 34.1 Å². The van der Waals surface area contributed by atoms with Crippen LogP contribution < -0.4 is 34.1 Å². The second kappa shape index (κ2) is 6.92. The molecule has 0 unspecified atom stereocenters. The molecule has 0 spiro atoms. The fourth-order valence-electron chi connectivity index (χ4n) is 3.11. The molecule has 0 bridgehead atoms. The Hall–Kier alpha value is -3.90. The van der Waals surface area contributed by atoms with Gasteiger partial charge in [-0.1, -0.05) is 27.7 Å². The lowest BCUT2D eigenvalue weighted by Crippen LogP contribution is -2.42. The zero-order valence-corrected chi connectivity index (χ0v) is 15.9. The van der Waals surface area contributed by atoms with Crippen LogP contribution in [0.4, 0.5) is 0 Å². The molecule has 0 aliphatic heterocycles. The van der Waals surface area contributed by atoms with Crippen molar-refractivity contribution >= 4 is 0 Å². The van der Waals surface area contributed by atoms with Gasteiger partial charge in [0.15, 0.2) is 0 Å². The lowest BCUT2D eigenvalue weighted by Gasteiger charge is -2.12. The molecule has 0 atom stereocenters. The van der Waals surface area contributed by atoms with Gasteiger partial charge in [-0.2, -0.15) is 9.13 Å². The van der Waals surface area contributed by atoms with E-state index in [-0.39, 0.29) is 23.6 Å². The lowest BCUT2D eigenvalue weighted by molar-refractivity contribution is 0.481. The van der Waals surface area contributed by atoms with Crippen molar-refractivity contribution in [2.24, 2.45) is 0 Å². The number of hydrogen-bond donors (Lipinski definition) is 4. The number of furan rings is 1. The van der Waals surface area contributed by atoms with Gasteiger partial charge in [0.05, 0.1) is 0 Å². The van der Waals surface area contributed by atoms with Crippen LogP contribution in [0.2, 0.25) is 0 Å². The third kappa shape index (κ3) is 3.26. The molecule has 0 aromatic carbocycles. The van der Waals surface area contributed by atoms with Gasteiger partial charge in [-0.05, 0) is 11.8 Å². The monoisotopic (exact) mass is 406 g/mol. The predicted molar refractivity (Wildman–Crippen MR) is 101 cm³/mol. The Morgan fingerprint density at radius 1 is 0.586 bits per heavy atom. The summed E-state index contributed by atoms with van der Waals surface area (Å²) in [5.41, 5.74) is -5.45. The van der Waals surface area contributed by atoms with Crippen molar-refractivity contribution in [2.75, 3.05) is 0 Å². The first-order valence-corrected chi connectivity index (χ1v) is 8.61. The Balaban J connectivity index is 2.55. The number of aromatic amines is 4. The van der Waals surface area contributed by atoms with E-state index in [0.717, 1.165) is 0 Å². The summed E-state index contributed by atoms with van der Waals surface area (Å²) in [5.74, 6) is -1.12. The predicted octanol–water partition coefficient (Wildman–Crippen LogP) is -1.42. The van der Waals surface area contributed by atoms with Crippen LogP contribution in [0, 0.1) is 0 Å². The Bertz CT molecular complexity index is 1260. The van der Waals surface area contributed by atoms with Crippen LogP contribution in [0.15, 0.2) is 33.2 Å². The summed E-state index contributed by atoms with van der Waals surface area (Å²) in [6.07, 6.45) is 0. The molecule has 3 aromatic heterocycles. The topological polar surface area (TPSA) is 189 Å². The summed E-state index contributed by atoms with van der Waals surface area (Å²) in [4.78, 5) is 79.6. The second-order valence-corrected chi connectivity index (χ2v) is 6.90. The molecule has 0 fully saturated rings. The average molecular weight is 406 g/mol. The van der Waals surface area contributed by atoms with Crippen molar-refractivity contribution in [2.45, 2.75) is 39.5 Å². The smallest absolute Gasteiger partial charge is 0.340 e. The minimum atomic E-state index is -1.06. The highest BCUT2D eigenvalue weighted by Gasteiger charge is 2.30. The van der Waals surface area contributed by atoms with Crippen LogP contribution in [0.5, 0.6) is 0 Å². The van der Waals surface area contributed by atoms with E-state index in [0.29, 0.717) is 20.3 Å². The van der Waals surface area contributed by atoms with Gasteiger partial charge in [-0.15, -0.1) is 0 Å². The summed E-state index contributed by atoms with van der Waals surface area (Å²) in [7, 11) is 0. The van der Waals surface area contributed by atoms with Crippen LogP contribution in [0.1, 0.15) is 50.7 Å². The molecule has 3 rings (SSSR count). The molecule has 3 heterocycles. The number of hydrogen-bond acceptors (Lipinski definition) is 7. The Kier molecular flexibility index (Phi) is 4.74. The number of H-pyrrole nitrogens is 4. The fourth-order valence-corrected chi connectivity index (χ4v) is 3.11. The van der Waals surface area contributed by atoms with Gasteiger partial charge in [0.2, 0.25) is 11.8 Å². The van der Waals surface area contributed by atoms with E-state index in [2.05, 4.69) is 0 Å². The van der Waals surface area contributed by atoms with Crippen molar-refractivity contribution < 1.29 is 4.42 Å². The molecule has 0 aliphatic carbocycles. The fraction of sp³-hybridized carbons (Fsp3) is 0.375. The average Bonchev–Trinajstić information content (AvgIpc) is 2.93. The van der Waals surface area contributed by atoms with Crippen molar-refractivity contribution in [3.05, 3.63) is 74.0 Å². The first-order chi connectivity index (χ1) is 13.5. The maximum Gasteiger partial charge on any atom is 0.340 e. The van der Waals surface area contributed by atoms with Crippen LogP contribution in [0.3, 0.4) is 0 Å². The van der Waals surface area contributed by atoms with Crippen molar-refractivity contribution in [1.29, 1.82) is 0 Å². The van der Waals surface area contributed by atoms with Gasteiger partial charge in [0, 0.05) is 11.1 Å². The number of nitrogens with one attached hydrogen (secondary N) is 4. The van der Waals surface area contributed by atoms with Gasteiger partial charge >= 0.3 is 34.1 Å². The summed E-state index contributed by atoms with van der Waals surface area (Å²) in [6, 6.07) is 0. The standard InChI is InChI=1S/C16H18N6O7/c1-5(2)7-8(6(3)4)10(22-15(27)19-12(24)20-16(22)28)29-9(7)21-13(25)17-11(23)18-14(21)26/h5-6H,1-4H3,(H2,17,18,23,25,26)(H2,19,20,24,27,28). The van der Waals surface area contributed by atoms with Crippen LogP contribution in [0.25, 0.3) is 11.8 Å². The first-order valence-electron chi connectivity index (χ1n) is 8.61. The molecular weight excluding hydrogens is 388 g/mol. The highest BCUT2D eigenvalue weighted by atomic mass is 16.4.